The number of amides is 10. The summed E-state index contributed by atoms with van der Waals surface area (Å²) >= 11 is 0. The predicted octanol–water partition coefficient (Wildman–Crippen LogP) is 4.68. The smallest absolute Gasteiger partial charge is 0.407 e. The topological polar surface area (TPSA) is 319 Å². The van der Waals surface area contributed by atoms with Crippen molar-refractivity contribution in [1.29, 1.82) is 0 Å². The van der Waals surface area contributed by atoms with Gasteiger partial charge in [-0.15, -0.1) is 0 Å². The molecule has 2 atom stereocenters. The highest BCUT2D eigenvalue weighted by atomic mass is 16.5. The SMILES string of the molecule is CCCN(CCC)C(=O)C1=Cc2ccc(C(=O)Nc3cncc(CNC(=O)OCc4ccc(NC(=O)C(CCCNC(N)=O)NC(=O)[C@@H](NC(=O)CCCCCN5C(=O)C=CC5=O)C(C)C)cc4)c3)cc2N=C(N)C1. The van der Waals surface area contributed by atoms with Crippen molar-refractivity contribution in [3.8, 4) is 0 Å². The van der Waals surface area contributed by atoms with Crippen LogP contribution in [0.1, 0.15) is 113 Å². The van der Waals surface area contributed by atoms with Crippen LogP contribution in [-0.2, 0) is 46.7 Å². The Kier molecular flexibility index (Phi) is 22.0. The Morgan fingerprint density at radius 1 is 0.800 bits per heavy atom. The fraction of sp³-hybridized carbons (Fsp3) is 0.415. The highest BCUT2D eigenvalue weighted by Crippen LogP contribution is 2.29. The summed E-state index contributed by atoms with van der Waals surface area (Å²) in [6.45, 7) is 9.14. The van der Waals surface area contributed by atoms with E-state index >= 15 is 0 Å². The molecule has 10 amide bonds. The van der Waals surface area contributed by atoms with Gasteiger partial charge in [-0.3, -0.25) is 43.4 Å². The van der Waals surface area contributed by atoms with E-state index in [1.807, 2.05) is 18.7 Å². The van der Waals surface area contributed by atoms with Gasteiger partial charge in [-0.1, -0.05) is 52.3 Å². The van der Waals surface area contributed by atoms with Gasteiger partial charge in [-0.25, -0.2) is 14.6 Å². The van der Waals surface area contributed by atoms with E-state index in [1.165, 1.54) is 24.5 Å². The molecule has 2 aliphatic heterocycles. The number of amidine groups is 1. The van der Waals surface area contributed by atoms with Crippen LogP contribution in [0, 0.1) is 5.92 Å². The molecule has 0 radical (unpaired) electrons. The van der Waals surface area contributed by atoms with E-state index in [4.69, 9.17) is 16.2 Å². The van der Waals surface area contributed by atoms with Crippen LogP contribution in [0.5, 0.6) is 0 Å². The molecule has 5 rings (SSSR count). The first-order chi connectivity index (χ1) is 35.9. The lowest BCUT2D eigenvalue weighted by Crippen LogP contribution is -2.54. The summed E-state index contributed by atoms with van der Waals surface area (Å²) in [4.78, 5) is 126. The minimum Gasteiger partial charge on any atom is -0.445 e. The highest BCUT2D eigenvalue weighted by molar-refractivity contribution is 6.13. The average Bonchev–Trinajstić information content (AvgIpc) is 3.59. The number of nitrogens with zero attached hydrogens (tertiary/aromatic N) is 4. The number of unbranched alkanes of at least 4 members (excludes halogenated alkanes) is 2. The summed E-state index contributed by atoms with van der Waals surface area (Å²) in [5.41, 5.74) is 15.3. The standard InChI is InChI=1S/C53H68N12O10/c1-5-22-64(23-6-2)51(72)38-26-36-15-16-37(27-42(36)61-43(54)28-38)48(69)60-40-25-35(29-56-31-40)30-58-53(74)75-32-34-13-17-39(18-14-34)59-49(70)41(11-10-21-57-52(55)73)62-50(71)47(33(3)4)63-44(66)12-8-7-9-24-65-45(67)19-20-46(65)68/h13-20,25-27,29,31,33,41,47H,5-12,21-24,28,30,32H2,1-4H3,(H2,54,61)(H,58,74)(H,59,70)(H,60,69)(H,62,71)(H,63,66)(H3,55,57,73)/t41?,47-/m0/s1. The van der Waals surface area contributed by atoms with Gasteiger partial charge in [0.25, 0.3) is 17.7 Å². The number of primary amides is 1. The number of benzene rings is 2. The zero-order valence-corrected chi connectivity index (χ0v) is 42.9. The average molecular weight is 1030 g/mol. The first-order valence-corrected chi connectivity index (χ1v) is 25.1. The first kappa shape index (κ1) is 57.5. The monoisotopic (exact) mass is 1030 g/mol. The van der Waals surface area contributed by atoms with Gasteiger partial charge in [0, 0.05) is 86.3 Å². The number of pyridine rings is 1. The second-order valence-electron chi connectivity index (χ2n) is 18.4. The number of nitrogens with two attached hydrogens (primary N) is 2. The van der Waals surface area contributed by atoms with Crippen LogP contribution in [0.4, 0.5) is 26.7 Å². The van der Waals surface area contributed by atoms with Crippen LogP contribution in [0.25, 0.3) is 6.08 Å². The number of urea groups is 1. The van der Waals surface area contributed by atoms with Crippen molar-refractivity contribution in [1.82, 2.24) is 36.1 Å². The van der Waals surface area contributed by atoms with E-state index in [0.29, 0.717) is 77.2 Å². The molecule has 22 heteroatoms. The Bertz CT molecular complexity index is 2640. The minimum atomic E-state index is -1.07. The molecular weight excluding hydrogens is 965 g/mol. The third-order valence-electron chi connectivity index (χ3n) is 11.9. The molecule has 3 aromatic rings. The molecular formula is C53H68N12O10. The van der Waals surface area contributed by atoms with Gasteiger partial charge >= 0.3 is 12.1 Å². The molecule has 0 spiro atoms. The van der Waals surface area contributed by atoms with E-state index in [-0.39, 0.29) is 87.3 Å². The van der Waals surface area contributed by atoms with Crippen LogP contribution in [-0.4, -0.2) is 112 Å². The summed E-state index contributed by atoms with van der Waals surface area (Å²) in [6.07, 6.45) is 10.4. The molecule has 2 aliphatic rings. The maximum Gasteiger partial charge on any atom is 0.407 e. The van der Waals surface area contributed by atoms with Gasteiger partial charge in [0.1, 0.15) is 24.5 Å². The normalized spacial score (nSPS) is 13.6. The molecule has 22 nitrogen and oxygen atoms in total. The molecule has 0 fully saturated rings. The summed E-state index contributed by atoms with van der Waals surface area (Å²) < 4.78 is 5.41. The number of ether oxygens (including phenoxy) is 1. The first-order valence-electron chi connectivity index (χ1n) is 25.1. The molecule has 400 valence electrons. The number of anilines is 2. The molecule has 10 N–H and O–H groups in total. The number of aromatic nitrogens is 1. The van der Waals surface area contributed by atoms with Crippen molar-refractivity contribution < 1.29 is 47.9 Å². The van der Waals surface area contributed by atoms with Crippen LogP contribution < -0.4 is 43.4 Å². The zero-order valence-electron chi connectivity index (χ0n) is 42.9. The Morgan fingerprint density at radius 2 is 1.52 bits per heavy atom. The van der Waals surface area contributed by atoms with E-state index in [0.717, 1.165) is 17.7 Å². The highest BCUT2D eigenvalue weighted by Gasteiger charge is 2.29. The number of aliphatic imine (C=N–C) groups is 1. The number of hydrogen-bond donors (Lipinski definition) is 8. The van der Waals surface area contributed by atoms with E-state index in [2.05, 4.69) is 41.9 Å². The minimum absolute atomic E-state index is 0.0301. The fourth-order valence-corrected chi connectivity index (χ4v) is 8.08. The van der Waals surface area contributed by atoms with Gasteiger partial charge in [0.2, 0.25) is 23.6 Å². The van der Waals surface area contributed by atoms with Gasteiger partial charge < -0.3 is 53.0 Å². The number of imide groups is 1. The Hall–Kier alpha value is -8.43. The molecule has 0 bridgehead atoms. The van der Waals surface area contributed by atoms with Crippen LogP contribution in [0.3, 0.4) is 0 Å². The van der Waals surface area contributed by atoms with Crippen molar-refractivity contribution in [2.75, 3.05) is 36.8 Å². The maximum atomic E-state index is 13.6. The maximum absolute atomic E-state index is 13.6. The number of alkyl carbamates (subject to hydrolysis) is 1. The number of carbonyl (C=O) groups is 9. The van der Waals surface area contributed by atoms with E-state index < -0.39 is 41.9 Å². The lowest BCUT2D eigenvalue weighted by molar-refractivity contribution is -0.137. The van der Waals surface area contributed by atoms with Crippen LogP contribution in [0.2, 0.25) is 0 Å². The van der Waals surface area contributed by atoms with Crippen molar-refractivity contribution in [3.63, 3.8) is 0 Å². The van der Waals surface area contributed by atoms with Crippen molar-refractivity contribution >= 4 is 82.4 Å². The summed E-state index contributed by atoms with van der Waals surface area (Å²) in [6, 6.07) is 10.3. The van der Waals surface area contributed by atoms with Gasteiger partial charge in [0.15, 0.2) is 0 Å². The van der Waals surface area contributed by atoms with E-state index in [1.54, 1.807) is 68.5 Å². The summed E-state index contributed by atoms with van der Waals surface area (Å²) in [5, 5.41) is 16.2. The Balaban J connectivity index is 1.09. The van der Waals surface area contributed by atoms with Crippen molar-refractivity contribution in [2.24, 2.45) is 22.4 Å². The third kappa shape index (κ3) is 18.2. The van der Waals surface area contributed by atoms with Crippen LogP contribution in [0.15, 0.2) is 83.6 Å². The van der Waals surface area contributed by atoms with Gasteiger partial charge in [0.05, 0.1) is 17.6 Å². The second-order valence-corrected chi connectivity index (χ2v) is 18.4. The largest absolute Gasteiger partial charge is 0.445 e. The number of carbonyl (C=O) groups excluding carboxylic acids is 9. The van der Waals surface area contributed by atoms with Crippen molar-refractivity contribution in [2.45, 2.75) is 111 Å². The molecule has 1 aromatic heterocycles. The Labute approximate surface area is 435 Å². The Morgan fingerprint density at radius 3 is 2.20 bits per heavy atom. The molecule has 0 saturated carbocycles. The number of hydrogen-bond acceptors (Lipinski definition) is 13. The summed E-state index contributed by atoms with van der Waals surface area (Å²) in [5.74, 6) is -2.83. The van der Waals surface area contributed by atoms with Crippen LogP contribution >= 0.6 is 0 Å². The zero-order chi connectivity index (χ0) is 54.4. The number of fused-ring (bicyclic) bond motifs is 1. The predicted molar refractivity (Wildman–Crippen MR) is 282 cm³/mol. The number of rotatable bonds is 27. The molecule has 0 saturated heterocycles. The molecule has 75 heavy (non-hydrogen) atoms. The quantitative estimate of drug-likeness (QED) is 0.0381. The van der Waals surface area contributed by atoms with Crippen molar-refractivity contribution in [3.05, 3.63) is 101 Å². The lowest BCUT2D eigenvalue weighted by Gasteiger charge is -2.25. The fourth-order valence-electron chi connectivity index (χ4n) is 8.08. The lowest BCUT2D eigenvalue weighted by atomic mass is 10.0. The molecule has 3 heterocycles. The number of nitrogens with one attached hydrogen (secondary N) is 6. The molecule has 1 unspecified atom stereocenters. The second kappa shape index (κ2) is 28.7. The molecule has 0 aliphatic carbocycles. The van der Waals surface area contributed by atoms with Gasteiger partial charge in [-0.2, -0.15) is 0 Å². The summed E-state index contributed by atoms with van der Waals surface area (Å²) in [7, 11) is 0. The van der Waals surface area contributed by atoms with E-state index in [9.17, 15) is 43.2 Å². The molecule has 2 aromatic carbocycles. The third-order valence-corrected chi connectivity index (χ3v) is 11.9. The van der Waals surface area contributed by atoms with Gasteiger partial charge in [-0.05, 0) is 92.0 Å².